The molecule has 5 aromatic carbocycles. The van der Waals surface area contributed by atoms with Gasteiger partial charge in [-0.15, -0.1) is 0 Å². The summed E-state index contributed by atoms with van der Waals surface area (Å²) in [5.41, 5.74) is 2.20. The van der Waals surface area contributed by atoms with Gasteiger partial charge < -0.3 is 4.74 Å². The highest BCUT2D eigenvalue weighted by atomic mass is 16.5. The maximum absolute atomic E-state index is 15.9. The monoisotopic (exact) mass is 629 g/mol. The molecule has 1 heterocycles. The van der Waals surface area contributed by atoms with E-state index in [0.717, 1.165) is 22.3 Å². The van der Waals surface area contributed by atoms with E-state index >= 15 is 14.4 Å². The summed E-state index contributed by atoms with van der Waals surface area (Å²) >= 11 is 0. The Morgan fingerprint density at radius 3 is 1.38 bits per heavy atom. The topological polar surface area (TPSA) is 80.8 Å². The SMILES string of the molecule is CCOC(=O)c1ccc(N2C(=O)C3C(C2=O)C2(c4ccccc4)C(=O)C3(c3ccccc3)C(c3ccccc3)=C2c2ccccc2)cc1. The van der Waals surface area contributed by atoms with Crippen LogP contribution in [0.5, 0.6) is 0 Å². The predicted molar refractivity (Wildman–Crippen MR) is 183 cm³/mol. The lowest BCUT2D eigenvalue weighted by Crippen LogP contribution is -2.45. The van der Waals surface area contributed by atoms with Gasteiger partial charge >= 0.3 is 5.97 Å². The Morgan fingerprint density at radius 1 is 0.583 bits per heavy atom. The molecule has 0 N–H and O–H groups in total. The van der Waals surface area contributed by atoms with Crippen LogP contribution in [0.25, 0.3) is 11.1 Å². The van der Waals surface area contributed by atoms with Crippen LogP contribution in [0, 0.1) is 11.8 Å². The molecule has 1 saturated heterocycles. The molecular formula is C42H31NO5. The maximum Gasteiger partial charge on any atom is 0.338 e. The van der Waals surface area contributed by atoms with Gasteiger partial charge in [0.2, 0.25) is 11.8 Å². The molecule has 1 saturated carbocycles. The number of nitrogens with zero attached hydrogens (tertiary/aromatic N) is 1. The van der Waals surface area contributed by atoms with Crippen molar-refractivity contribution < 1.29 is 23.9 Å². The molecule has 6 nitrogen and oxygen atoms in total. The summed E-state index contributed by atoms with van der Waals surface area (Å²) in [5, 5.41) is 0. The van der Waals surface area contributed by atoms with Crippen molar-refractivity contribution >= 4 is 40.4 Å². The maximum atomic E-state index is 15.9. The van der Waals surface area contributed by atoms with Gasteiger partial charge in [-0.05, 0) is 64.6 Å². The van der Waals surface area contributed by atoms with E-state index in [1.54, 1.807) is 31.2 Å². The highest BCUT2D eigenvalue weighted by Gasteiger charge is 2.82. The lowest BCUT2D eigenvalue weighted by molar-refractivity contribution is -0.130. The second kappa shape index (κ2) is 11.1. The normalized spacial score (nSPS) is 24.3. The van der Waals surface area contributed by atoms with E-state index in [4.69, 9.17) is 4.74 Å². The fourth-order valence-electron chi connectivity index (χ4n) is 8.55. The van der Waals surface area contributed by atoms with Crippen LogP contribution in [-0.4, -0.2) is 30.2 Å². The van der Waals surface area contributed by atoms with Crippen LogP contribution in [0.3, 0.4) is 0 Å². The van der Waals surface area contributed by atoms with Crippen molar-refractivity contribution in [2.24, 2.45) is 11.8 Å². The number of benzene rings is 5. The highest BCUT2D eigenvalue weighted by Crippen LogP contribution is 2.74. The zero-order chi connectivity index (χ0) is 33.0. The van der Waals surface area contributed by atoms with Crippen LogP contribution in [0.15, 0.2) is 146 Å². The summed E-state index contributed by atoms with van der Waals surface area (Å²) < 4.78 is 5.15. The number of hydrogen-bond donors (Lipinski definition) is 0. The number of fused-ring (bicyclic) bond motifs is 5. The number of imide groups is 1. The molecule has 5 aromatic rings. The lowest BCUT2D eigenvalue weighted by atomic mass is 9.59. The van der Waals surface area contributed by atoms with Gasteiger partial charge in [0.15, 0.2) is 5.78 Å². The number of anilines is 1. The van der Waals surface area contributed by atoms with E-state index in [0.29, 0.717) is 22.4 Å². The minimum Gasteiger partial charge on any atom is -0.462 e. The average molecular weight is 630 g/mol. The molecule has 2 aliphatic carbocycles. The molecule has 8 rings (SSSR count). The number of carbonyl (C=O) groups excluding carboxylic acids is 4. The van der Waals surface area contributed by atoms with Crippen molar-refractivity contribution in [1.29, 1.82) is 0 Å². The molecule has 4 unspecified atom stereocenters. The van der Waals surface area contributed by atoms with Gasteiger partial charge in [0, 0.05) is 0 Å². The molecule has 2 fully saturated rings. The van der Waals surface area contributed by atoms with Crippen LogP contribution in [-0.2, 0) is 30.0 Å². The Hall–Kier alpha value is -5.88. The van der Waals surface area contributed by atoms with E-state index in [2.05, 4.69) is 0 Å². The second-order valence-electron chi connectivity index (χ2n) is 12.4. The first-order valence-corrected chi connectivity index (χ1v) is 16.1. The molecule has 6 heteroatoms. The Kier molecular flexibility index (Phi) is 6.84. The zero-order valence-corrected chi connectivity index (χ0v) is 26.2. The second-order valence-corrected chi connectivity index (χ2v) is 12.4. The van der Waals surface area contributed by atoms with Gasteiger partial charge in [-0.2, -0.15) is 0 Å². The summed E-state index contributed by atoms with van der Waals surface area (Å²) in [5.74, 6) is -3.58. The first kappa shape index (κ1) is 29.5. The van der Waals surface area contributed by atoms with Gasteiger partial charge in [0.1, 0.15) is 0 Å². The lowest BCUT2D eigenvalue weighted by Gasteiger charge is -2.39. The number of ether oxygens (including phenoxy) is 1. The average Bonchev–Trinajstić information content (AvgIpc) is 3.65. The van der Waals surface area contributed by atoms with Gasteiger partial charge in [-0.3, -0.25) is 14.4 Å². The van der Waals surface area contributed by atoms with E-state index in [9.17, 15) is 4.79 Å². The number of ketones is 1. The Morgan fingerprint density at radius 2 is 0.979 bits per heavy atom. The first-order chi connectivity index (χ1) is 23.5. The molecule has 0 aromatic heterocycles. The third kappa shape index (κ3) is 3.80. The Balaban J connectivity index is 1.46. The van der Waals surface area contributed by atoms with E-state index in [1.807, 2.05) is 121 Å². The third-order valence-corrected chi connectivity index (χ3v) is 10.2. The standard InChI is InChI=1S/C42H31NO5/c1-2-48-39(46)29-23-25-32(26-24-29)43-37(44)35-36(38(43)45)42(31-21-13-6-14-22-31)34(28-17-9-4-10-18-28)33(27-15-7-3-8-16-27)41(35,40(42)47)30-19-11-5-12-20-30/h3-26,35-36H,2H2,1H3. The minimum absolute atomic E-state index is 0.167. The summed E-state index contributed by atoms with van der Waals surface area (Å²) in [6.45, 7) is 1.96. The minimum atomic E-state index is -1.47. The predicted octanol–water partition coefficient (Wildman–Crippen LogP) is 7.05. The number of rotatable bonds is 7. The molecule has 0 spiro atoms. The highest BCUT2D eigenvalue weighted by molar-refractivity contribution is 6.39. The van der Waals surface area contributed by atoms with Crippen molar-refractivity contribution in [3.05, 3.63) is 173 Å². The third-order valence-electron chi connectivity index (χ3n) is 10.2. The molecule has 1 aliphatic heterocycles. The fourth-order valence-corrected chi connectivity index (χ4v) is 8.55. The van der Waals surface area contributed by atoms with Gasteiger partial charge in [0.05, 0.1) is 40.5 Å². The summed E-state index contributed by atoms with van der Waals surface area (Å²) in [6.07, 6.45) is 0. The molecule has 0 radical (unpaired) electrons. The van der Waals surface area contributed by atoms with Gasteiger partial charge in [-0.25, -0.2) is 9.69 Å². The number of carbonyl (C=O) groups is 4. The van der Waals surface area contributed by atoms with Crippen molar-refractivity contribution in [1.82, 2.24) is 0 Å². The smallest absolute Gasteiger partial charge is 0.338 e. The number of allylic oxidation sites excluding steroid dienone is 2. The summed E-state index contributed by atoms with van der Waals surface area (Å²) in [4.78, 5) is 59.7. The summed E-state index contributed by atoms with van der Waals surface area (Å²) in [7, 11) is 0. The van der Waals surface area contributed by atoms with Crippen LogP contribution in [0.2, 0.25) is 0 Å². The van der Waals surface area contributed by atoms with Crippen molar-refractivity contribution in [2.75, 3.05) is 11.5 Å². The quantitative estimate of drug-likeness (QED) is 0.142. The number of amides is 2. The number of esters is 1. The number of Topliss-reactive ketones (excluding diaryl/α,β-unsaturated/α-hetero) is 1. The van der Waals surface area contributed by atoms with E-state index in [1.165, 1.54) is 4.90 Å². The van der Waals surface area contributed by atoms with Crippen LogP contribution in [0.1, 0.15) is 39.5 Å². The molecular weight excluding hydrogens is 598 g/mol. The molecule has 234 valence electrons. The van der Waals surface area contributed by atoms with Gasteiger partial charge in [0.25, 0.3) is 0 Å². The van der Waals surface area contributed by atoms with Crippen LogP contribution >= 0.6 is 0 Å². The molecule has 48 heavy (non-hydrogen) atoms. The van der Waals surface area contributed by atoms with Crippen LogP contribution < -0.4 is 4.90 Å². The van der Waals surface area contributed by atoms with E-state index < -0.39 is 40.4 Å². The van der Waals surface area contributed by atoms with Gasteiger partial charge in [-0.1, -0.05) is 121 Å². The van der Waals surface area contributed by atoms with E-state index in [-0.39, 0.29) is 12.4 Å². The first-order valence-electron chi connectivity index (χ1n) is 16.1. The molecule has 2 amide bonds. The molecule has 4 atom stereocenters. The zero-order valence-electron chi connectivity index (χ0n) is 26.2. The van der Waals surface area contributed by atoms with Crippen molar-refractivity contribution in [2.45, 2.75) is 17.8 Å². The molecule has 3 aliphatic rings. The molecule has 2 bridgehead atoms. The Labute approximate surface area is 278 Å². The van der Waals surface area contributed by atoms with Crippen molar-refractivity contribution in [3.63, 3.8) is 0 Å². The fraction of sp³-hybridized carbons (Fsp3) is 0.143. The Bertz CT molecular complexity index is 1990. The summed E-state index contributed by atoms with van der Waals surface area (Å²) in [6, 6.07) is 44.8. The van der Waals surface area contributed by atoms with Crippen molar-refractivity contribution in [3.8, 4) is 0 Å². The largest absolute Gasteiger partial charge is 0.462 e. The number of hydrogen-bond acceptors (Lipinski definition) is 5. The van der Waals surface area contributed by atoms with Crippen LogP contribution in [0.4, 0.5) is 5.69 Å².